The van der Waals surface area contributed by atoms with E-state index in [1.54, 1.807) is 0 Å². The highest BCUT2D eigenvalue weighted by molar-refractivity contribution is 14.0. The molecule has 0 spiro atoms. The molecule has 0 aromatic carbocycles. The molecule has 0 aliphatic carbocycles. The summed E-state index contributed by atoms with van der Waals surface area (Å²) in [6.07, 6.45) is 5.10. The molecule has 21 heavy (non-hydrogen) atoms. The van der Waals surface area contributed by atoms with Crippen molar-refractivity contribution in [3.8, 4) is 0 Å². The monoisotopic (exact) mass is 410 g/mol. The van der Waals surface area contributed by atoms with Gasteiger partial charge in [-0.2, -0.15) is 0 Å². The van der Waals surface area contributed by atoms with E-state index in [2.05, 4.69) is 43.4 Å². The van der Waals surface area contributed by atoms with Crippen LogP contribution in [0.4, 0.5) is 0 Å². The van der Waals surface area contributed by atoms with Crippen molar-refractivity contribution in [3.05, 3.63) is 0 Å². The maximum Gasteiger partial charge on any atom is 0.191 e. The number of aliphatic imine (C=N–C) groups is 1. The molecule has 0 bridgehead atoms. The topological polar surface area (TPSA) is 39.7 Å². The lowest BCUT2D eigenvalue weighted by molar-refractivity contribution is 0.214. The van der Waals surface area contributed by atoms with Gasteiger partial charge in [0.25, 0.3) is 0 Å². The number of halogens is 1. The molecule has 4 nitrogen and oxygen atoms in total. The molecule has 1 aliphatic heterocycles. The summed E-state index contributed by atoms with van der Waals surface area (Å²) in [5.41, 5.74) is 0. The van der Waals surface area contributed by atoms with Crippen LogP contribution in [0.2, 0.25) is 0 Å². The van der Waals surface area contributed by atoms with Gasteiger partial charge in [-0.05, 0) is 64.6 Å². The first-order chi connectivity index (χ1) is 9.61. The lowest BCUT2D eigenvalue weighted by Gasteiger charge is -2.28. The third-order valence-electron chi connectivity index (χ3n) is 4.00. The maximum absolute atomic E-state index is 4.70. The first-order valence-electron chi connectivity index (χ1n) is 8.32. The Morgan fingerprint density at radius 1 is 1.24 bits per heavy atom. The summed E-state index contributed by atoms with van der Waals surface area (Å²) in [7, 11) is 2.22. The van der Waals surface area contributed by atoms with E-state index in [-0.39, 0.29) is 24.0 Å². The fraction of sp³-hybridized carbons (Fsp3) is 0.938. The molecule has 1 rings (SSSR count). The Kier molecular flexibility index (Phi) is 12.5. The van der Waals surface area contributed by atoms with Crippen LogP contribution in [-0.2, 0) is 0 Å². The number of rotatable bonds is 7. The lowest BCUT2D eigenvalue weighted by atomic mass is 9.94. The number of guanidine groups is 1. The van der Waals surface area contributed by atoms with Crippen molar-refractivity contribution in [1.29, 1.82) is 0 Å². The van der Waals surface area contributed by atoms with E-state index in [1.165, 1.54) is 38.8 Å². The van der Waals surface area contributed by atoms with Crippen molar-refractivity contribution in [2.24, 2.45) is 16.8 Å². The average Bonchev–Trinajstić information content (AvgIpc) is 2.40. The minimum Gasteiger partial charge on any atom is -0.357 e. The van der Waals surface area contributed by atoms with Crippen molar-refractivity contribution >= 4 is 29.9 Å². The van der Waals surface area contributed by atoms with Gasteiger partial charge in [-0.15, -0.1) is 24.0 Å². The molecule has 5 heteroatoms. The molecule has 0 saturated carbocycles. The van der Waals surface area contributed by atoms with Crippen LogP contribution in [0.25, 0.3) is 0 Å². The smallest absolute Gasteiger partial charge is 0.191 e. The second-order valence-corrected chi connectivity index (χ2v) is 6.41. The molecule has 0 aromatic heterocycles. The molecule has 126 valence electrons. The Bertz CT molecular complexity index is 273. The van der Waals surface area contributed by atoms with Gasteiger partial charge < -0.3 is 15.5 Å². The Hall–Kier alpha value is -0.0400. The highest BCUT2D eigenvalue weighted by Gasteiger charge is 2.15. The van der Waals surface area contributed by atoms with Crippen LogP contribution in [0.3, 0.4) is 0 Å². The molecule has 0 aromatic rings. The van der Waals surface area contributed by atoms with E-state index >= 15 is 0 Å². The molecular formula is C16H35IN4. The minimum atomic E-state index is 0. The minimum absolute atomic E-state index is 0. The van der Waals surface area contributed by atoms with Crippen molar-refractivity contribution in [2.75, 3.05) is 39.8 Å². The molecule has 2 N–H and O–H groups in total. The van der Waals surface area contributed by atoms with Gasteiger partial charge in [0.15, 0.2) is 5.96 Å². The van der Waals surface area contributed by atoms with Crippen LogP contribution in [0, 0.1) is 11.8 Å². The predicted octanol–water partition coefficient (Wildman–Crippen LogP) is 2.94. The Labute approximate surface area is 148 Å². The molecule has 0 unspecified atom stereocenters. The molecule has 0 amide bonds. The largest absolute Gasteiger partial charge is 0.357 e. The van der Waals surface area contributed by atoms with Crippen LogP contribution >= 0.6 is 24.0 Å². The normalized spacial score (nSPS) is 17.7. The van der Waals surface area contributed by atoms with E-state index in [0.29, 0.717) is 0 Å². The number of hydrogen-bond donors (Lipinski definition) is 2. The van der Waals surface area contributed by atoms with Gasteiger partial charge in [-0.25, -0.2) is 0 Å². The summed E-state index contributed by atoms with van der Waals surface area (Å²) >= 11 is 0. The van der Waals surface area contributed by atoms with E-state index in [0.717, 1.165) is 37.4 Å². The second-order valence-electron chi connectivity index (χ2n) is 6.41. The van der Waals surface area contributed by atoms with Gasteiger partial charge in [0.05, 0.1) is 0 Å². The van der Waals surface area contributed by atoms with Gasteiger partial charge in [0, 0.05) is 19.6 Å². The summed E-state index contributed by atoms with van der Waals surface area (Å²) in [6, 6.07) is 0. The quantitative estimate of drug-likeness (QED) is 0.385. The van der Waals surface area contributed by atoms with Crippen molar-refractivity contribution in [1.82, 2.24) is 15.5 Å². The molecule has 1 saturated heterocycles. The van der Waals surface area contributed by atoms with Crippen LogP contribution in [0.1, 0.15) is 46.5 Å². The van der Waals surface area contributed by atoms with Gasteiger partial charge in [0.2, 0.25) is 0 Å². The first kappa shape index (κ1) is 21.0. The molecule has 1 aliphatic rings. The highest BCUT2D eigenvalue weighted by Crippen LogP contribution is 2.19. The molecule has 1 fully saturated rings. The van der Waals surface area contributed by atoms with Crippen LogP contribution in [0.5, 0.6) is 0 Å². The zero-order valence-corrected chi connectivity index (χ0v) is 16.7. The average molecular weight is 410 g/mol. The van der Waals surface area contributed by atoms with Crippen molar-refractivity contribution in [3.63, 3.8) is 0 Å². The standard InChI is InChI=1S/C16H34N4.HI/c1-5-17-16(18-10-6-14(2)3)19-11-7-15-8-12-20(4)13-9-15;/h14-15H,5-13H2,1-4H3,(H2,17,18,19);1H. The molecule has 1 heterocycles. The van der Waals surface area contributed by atoms with E-state index < -0.39 is 0 Å². The fourth-order valence-corrected chi connectivity index (χ4v) is 2.53. The SMILES string of the molecule is CCNC(=NCCC1CCN(C)CC1)NCCC(C)C.I. The van der Waals surface area contributed by atoms with E-state index in [1.807, 2.05) is 0 Å². The lowest BCUT2D eigenvalue weighted by Crippen LogP contribution is -2.38. The Balaban J connectivity index is 0.00000400. The number of piperidine rings is 1. The Morgan fingerprint density at radius 2 is 1.90 bits per heavy atom. The van der Waals surface area contributed by atoms with Gasteiger partial charge >= 0.3 is 0 Å². The van der Waals surface area contributed by atoms with Crippen LogP contribution in [0.15, 0.2) is 4.99 Å². The Morgan fingerprint density at radius 3 is 2.48 bits per heavy atom. The molecule has 0 atom stereocenters. The summed E-state index contributed by atoms with van der Waals surface area (Å²) in [5, 5.41) is 6.76. The number of nitrogens with zero attached hydrogens (tertiary/aromatic N) is 2. The first-order valence-corrected chi connectivity index (χ1v) is 8.32. The number of hydrogen-bond acceptors (Lipinski definition) is 2. The second kappa shape index (κ2) is 12.5. The number of nitrogens with one attached hydrogen (secondary N) is 2. The van der Waals surface area contributed by atoms with Crippen LogP contribution in [-0.4, -0.2) is 50.6 Å². The molecular weight excluding hydrogens is 375 g/mol. The highest BCUT2D eigenvalue weighted by atomic mass is 127. The van der Waals surface area contributed by atoms with E-state index in [9.17, 15) is 0 Å². The van der Waals surface area contributed by atoms with Crippen molar-refractivity contribution < 1.29 is 0 Å². The van der Waals surface area contributed by atoms with Crippen LogP contribution < -0.4 is 10.6 Å². The summed E-state index contributed by atoms with van der Waals surface area (Å²) in [4.78, 5) is 7.13. The third-order valence-corrected chi connectivity index (χ3v) is 4.00. The third kappa shape index (κ3) is 10.3. The summed E-state index contributed by atoms with van der Waals surface area (Å²) < 4.78 is 0. The van der Waals surface area contributed by atoms with Crippen molar-refractivity contribution in [2.45, 2.75) is 46.5 Å². The zero-order chi connectivity index (χ0) is 14.8. The van der Waals surface area contributed by atoms with Gasteiger partial charge in [0.1, 0.15) is 0 Å². The summed E-state index contributed by atoms with van der Waals surface area (Å²) in [5.74, 6) is 2.60. The summed E-state index contributed by atoms with van der Waals surface area (Å²) in [6.45, 7) is 12.0. The predicted molar refractivity (Wildman–Crippen MR) is 104 cm³/mol. The van der Waals surface area contributed by atoms with Gasteiger partial charge in [-0.3, -0.25) is 4.99 Å². The van der Waals surface area contributed by atoms with E-state index in [4.69, 9.17) is 4.99 Å². The molecule has 0 radical (unpaired) electrons. The number of likely N-dealkylation sites (tertiary alicyclic amines) is 1. The maximum atomic E-state index is 4.70. The zero-order valence-electron chi connectivity index (χ0n) is 14.3. The fourth-order valence-electron chi connectivity index (χ4n) is 2.53. The van der Waals surface area contributed by atoms with Gasteiger partial charge in [-0.1, -0.05) is 13.8 Å².